The smallest absolute Gasteiger partial charge is 0.300 e. The molecular weight excluding hydrogens is 1430 g/mol. The Morgan fingerprint density at radius 3 is 1.32 bits per heavy atom. The second-order valence-electron chi connectivity index (χ2n) is 22.9. The van der Waals surface area contributed by atoms with E-state index in [0.29, 0.717) is 47.0 Å². The van der Waals surface area contributed by atoms with Crippen molar-refractivity contribution in [3.63, 3.8) is 0 Å². The molecule has 14 rings (SSSR count). The first kappa shape index (κ1) is 79.4. The van der Waals surface area contributed by atoms with Gasteiger partial charge in [0.15, 0.2) is 28.4 Å². The van der Waals surface area contributed by atoms with Gasteiger partial charge >= 0.3 is 0 Å². The number of H-pyrrole nitrogens is 1. The zero-order valence-corrected chi connectivity index (χ0v) is 61.6. The fourth-order valence-electron chi connectivity index (χ4n) is 9.72. The van der Waals surface area contributed by atoms with Gasteiger partial charge in [0.05, 0.1) is 56.8 Å². The van der Waals surface area contributed by atoms with Crippen LogP contribution in [0.2, 0.25) is 5.15 Å². The largest absolute Gasteiger partial charge is 0.481 e. The normalized spacial score (nSPS) is 11.6. The van der Waals surface area contributed by atoms with Crippen molar-refractivity contribution in [2.24, 2.45) is 0 Å². The molecule has 522 valence electrons. The van der Waals surface area contributed by atoms with Crippen molar-refractivity contribution in [1.82, 2.24) is 56.3 Å². The Kier molecular flexibility index (Phi) is 30.9. The minimum absolute atomic E-state index is 0. The highest BCUT2D eigenvalue weighted by atomic mass is 79.9. The number of anilines is 6. The lowest BCUT2D eigenvalue weighted by Crippen LogP contribution is -2.31. The van der Waals surface area contributed by atoms with Crippen LogP contribution in [0.25, 0.3) is 55.4 Å². The lowest BCUT2D eigenvalue weighted by molar-refractivity contribution is -0.134. The molecule has 0 bridgehead atoms. The van der Waals surface area contributed by atoms with Crippen molar-refractivity contribution in [1.29, 1.82) is 0 Å². The number of carboxylic acid groups (broad SMARTS) is 1. The number of aliphatic hydroxyl groups excluding tert-OH is 1. The first-order valence-corrected chi connectivity index (χ1v) is 33.9. The van der Waals surface area contributed by atoms with E-state index in [-0.39, 0.29) is 42.4 Å². The Morgan fingerprint density at radius 2 is 0.901 bits per heavy atom. The van der Waals surface area contributed by atoms with Gasteiger partial charge in [-0.3, -0.25) is 24.0 Å². The molecule has 5 aromatic heterocycles. The summed E-state index contributed by atoms with van der Waals surface area (Å²) in [4.78, 5) is 93.7. The van der Waals surface area contributed by atoms with Crippen LogP contribution in [-0.2, 0) is 20.8 Å². The molecule has 1 amide bonds. The van der Waals surface area contributed by atoms with E-state index in [1.807, 2.05) is 205 Å². The van der Waals surface area contributed by atoms with Crippen LogP contribution in [0.3, 0.4) is 0 Å². The van der Waals surface area contributed by atoms with Gasteiger partial charge < -0.3 is 42.6 Å². The van der Waals surface area contributed by atoms with E-state index in [1.165, 1.54) is 5.57 Å². The molecule has 2 aliphatic rings. The molecule has 12 aromatic rings. The van der Waals surface area contributed by atoms with Crippen LogP contribution in [-0.4, -0.2) is 97.4 Å². The van der Waals surface area contributed by atoms with Gasteiger partial charge in [-0.25, -0.2) is 39.9 Å². The van der Waals surface area contributed by atoms with Crippen molar-refractivity contribution in [3.8, 4) is 11.3 Å². The fraction of sp³-hybridized carbons (Fsp3) is 0.208. The molecule has 0 unspecified atom stereocenters. The summed E-state index contributed by atoms with van der Waals surface area (Å²) < 4.78 is 1.87. The first-order valence-electron chi connectivity index (χ1n) is 31.9. The average Bonchev–Trinajstić information content (AvgIpc) is 1.77. The third-order valence-corrected chi connectivity index (χ3v) is 15.8. The number of aliphatic hydroxyl groups is 1. The highest BCUT2D eigenvalue weighted by molar-refractivity contribution is 9.11. The van der Waals surface area contributed by atoms with Crippen LogP contribution in [0.4, 0.5) is 34.5 Å². The number of amides is 1. The summed E-state index contributed by atoms with van der Waals surface area (Å²) in [6.45, 7) is 20.4. The number of halogens is 3. The maximum absolute atomic E-state index is 12.1. The number of carbonyl (C=O) groups excluding carboxylic acids is 4. The van der Waals surface area contributed by atoms with Gasteiger partial charge in [-0.1, -0.05) is 102 Å². The number of hydrogen-bond acceptors (Lipinski definition) is 18. The zero-order valence-electron chi connectivity index (χ0n) is 57.7. The van der Waals surface area contributed by atoms with Gasteiger partial charge in [-0.15, -0.1) is 6.58 Å². The summed E-state index contributed by atoms with van der Waals surface area (Å²) in [5.74, 6) is 1.53. The van der Waals surface area contributed by atoms with Crippen molar-refractivity contribution in [2.75, 3.05) is 29.1 Å². The van der Waals surface area contributed by atoms with E-state index in [0.717, 1.165) is 136 Å². The van der Waals surface area contributed by atoms with Crippen LogP contribution < -0.4 is 27.4 Å². The summed E-state index contributed by atoms with van der Waals surface area (Å²) in [5, 5.41) is 28.2. The third-order valence-electron chi connectivity index (χ3n) is 14.2. The van der Waals surface area contributed by atoms with Crippen LogP contribution >= 0.6 is 43.5 Å². The Morgan fingerprint density at radius 1 is 0.525 bits per heavy atom. The number of allylic oxidation sites excluding steroid dienone is 1. The van der Waals surface area contributed by atoms with Crippen molar-refractivity contribution < 1.29 is 34.2 Å². The van der Waals surface area contributed by atoms with Crippen molar-refractivity contribution in [2.45, 2.75) is 94.4 Å². The number of aromatic amines is 1. The molecule has 0 spiro atoms. The summed E-state index contributed by atoms with van der Waals surface area (Å²) in [6, 6.07) is 54.7. The van der Waals surface area contributed by atoms with Gasteiger partial charge in [0.2, 0.25) is 0 Å². The number of aromatic nitrogens is 9. The predicted molar refractivity (Wildman–Crippen MR) is 413 cm³/mol. The number of hydrogen-bond donors (Lipinski definition) is 8. The Hall–Kier alpha value is -10.6. The second-order valence-corrected chi connectivity index (χ2v) is 25.0. The molecule has 1 aliphatic heterocycles. The maximum Gasteiger partial charge on any atom is 0.300 e. The molecule has 1 aliphatic carbocycles. The number of rotatable bonds is 8. The molecule has 0 radical (unpaired) electrons. The Labute approximate surface area is 608 Å². The SMILES string of the molecule is C=C(C)C.CC(=O)O.CC(=O)c1cccc2nc(C)c(Nc3ccccc3)nc12.CCO.Cc1nc2cccc(-c3cc4c([nH]3)CCNC4=O)c2nc1Nc1ccccc1.Cc1nc2cccc(Br)c2nc1Cl.Cc1nc2cccc(Br)c2nc1Nc1ccccc1.N.O=C1CCCC(=O)C1. The van der Waals surface area contributed by atoms with E-state index in [1.54, 1.807) is 19.9 Å². The number of para-hydroxylation sites is 7. The van der Waals surface area contributed by atoms with Crippen LogP contribution in [0.15, 0.2) is 191 Å². The van der Waals surface area contributed by atoms with Gasteiger partial charge in [-0.2, -0.15) is 0 Å². The van der Waals surface area contributed by atoms with E-state index >= 15 is 0 Å². The summed E-state index contributed by atoms with van der Waals surface area (Å²) in [5.41, 5.74) is 17.8. The Bertz CT molecular complexity index is 4820. The number of ketones is 3. The van der Waals surface area contributed by atoms with E-state index in [9.17, 15) is 19.2 Å². The fourth-order valence-corrected chi connectivity index (χ4v) is 10.7. The number of benzene rings is 7. The molecule has 1 fully saturated rings. The van der Waals surface area contributed by atoms with Gasteiger partial charge in [-0.05, 0) is 179 Å². The molecule has 0 saturated heterocycles. The average molecular weight is 1510 g/mol. The van der Waals surface area contributed by atoms with E-state index in [2.05, 4.69) is 94.6 Å². The summed E-state index contributed by atoms with van der Waals surface area (Å²) in [7, 11) is 0. The van der Waals surface area contributed by atoms with Crippen LogP contribution in [0, 0.1) is 27.7 Å². The molecule has 21 nitrogen and oxygen atoms in total. The number of aryl methyl sites for hydroxylation is 4. The lowest BCUT2D eigenvalue weighted by Gasteiger charge is -2.11. The van der Waals surface area contributed by atoms with Crippen molar-refractivity contribution in [3.05, 3.63) is 236 Å². The van der Waals surface area contributed by atoms with Crippen LogP contribution in [0.1, 0.15) is 109 Å². The van der Waals surface area contributed by atoms with E-state index in [4.69, 9.17) is 36.6 Å². The number of nitrogens with one attached hydrogen (secondary N) is 5. The van der Waals surface area contributed by atoms with Gasteiger partial charge in [0.1, 0.15) is 33.6 Å². The quantitative estimate of drug-likeness (QED) is 0.0398. The second kappa shape index (κ2) is 39.3. The maximum atomic E-state index is 12.1. The molecular formula is C77H81Br2ClN14O7. The topological polar surface area (TPSA) is 328 Å². The number of Topliss-reactive ketones (excluding diaryl/α,β-unsaturated/α-hetero) is 3. The lowest BCUT2D eigenvalue weighted by atomic mass is 9.98. The highest BCUT2D eigenvalue weighted by Gasteiger charge is 2.22. The minimum atomic E-state index is -0.833. The molecule has 6 heterocycles. The van der Waals surface area contributed by atoms with Crippen LogP contribution in [0.5, 0.6) is 0 Å². The minimum Gasteiger partial charge on any atom is -0.481 e. The Balaban J connectivity index is 0.000000198. The summed E-state index contributed by atoms with van der Waals surface area (Å²) >= 11 is 12.8. The summed E-state index contributed by atoms with van der Waals surface area (Å²) in [6.07, 6.45) is 3.01. The molecule has 101 heavy (non-hydrogen) atoms. The third kappa shape index (κ3) is 23.8. The van der Waals surface area contributed by atoms with Gasteiger partial charge in [0, 0.05) is 87.9 Å². The predicted octanol–water partition coefficient (Wildman–Crippen LogP) is 18.2. The molecule has 24 heteroatoms. The zero-order chi connectivity index (χ0) is 72.4. The molecule has 1 saturated carbocycles. The van der Waals surface area contributed by atoms with Crippen molar-refractivity contribution >= 4 is 151 Å². The molecule has 7 aromatic carbocycles. The molecule has 10 N–H and O–H groups in total. The van der Waals surface area contributed by atoms with Gasteiger partial charge in [0.25, 0.3) is 11.9 Å². The molecule has 0 atom stereocenters. The number of fused-ring (bicyclic) bond motifs is 5. The first-order chi connectivity index (χ1) is 47.9. The number of carbonyl (C=O) groups is 5. The highest BCUT2D eigenvalue weighted by Crippen LogP contribution is 2.32. The number of nitrogens with zero attached hydrogens (tertiary/aromatic N) is 8. The standard InChI is InChI=1S/C22H19N5O.C17H15N3O.C15H12BrN3.C9H6BrClN2.C6H8O2.C4H8.C2H4O2.C2H6O.H3N/c1-13-21(25-14-6-3-2-4-7-14)27-20-15(8-5-9-18(20)24-13)19-12-16-17(26-19)10-11-23-22(16)28;1-11-17(19-13-7-4-3-5-8-13)20-16-14(12(2)21)9-6-10-15(16)18-11;1-10-15(18-11-6-3-2-4-7-11)19-14-12(16)8-5-9-13(14)17-10;1-5-9(11)13-8-6(10)3-2-4-7(8)12-5;7-5-2-1-3-6(8)4-5;1-4(2)3;1-2(3)4;1-2-3;/h2-9,12,26H,10-11H2,1H3,(H,23,28)(H,25,27);3-10H,1-2H3,(H,19,20);2-9H,1H3,(H,18,19);2-4H,1H3;1-4H2;1H2,2-3H3;1H3,(H,3,4);3H,2H2,1H3;1H3. The van der Waals surface area contributed by atoms with E-state index < -0.39 is 5.97 Å². The number of carboxylic acids is 1. The number of aliphatic carboxylic acids is 1. The monoisotopic (exact) mass is 1510 g/mol.